The van der Waals surface area contributed by atoms with Crippen molar-refractivity contribution < 1.29 is 18.0 Å². The number of aromatic amines is 1. The largest absolute Gasteiger partial charge is 0.416 e. The molecule has 0 radical (unpaired) electrons. The lowest BCUT2D eigenvalue weighted by Gasteiger charge is -2.24. The zero-order valence-corrected chi connectivity index (χ0v) is 17.2. The van der Waals surface area contributed by atoms with E-state index in [0.717, 1.165) is 17.0 Å². The van der Waals surface area contributed by atoms with Gasteiger partial charge in [0.2, 0.25) is 0 Å². The number of H-pyrrole nitrogens is 1. The van der Waals surface area contributed by atoms with Crippen molar-refractivity contribution >= 4 is 34.1 Å². The van der Waals surface area contributed by atoms with Crippen LogP contribution < -0.4 is 10.5 Å². The number of nitrogens with zero attached hydrogens (tertiary/aromatic N) is 1. The SMILES string of the molecule is O=C(c1cc2ccccc2[nH]c1=O)N(Cc1ccc(Cl)cc1)c1cccc(C(F)(F)F)c1. The van der Waals surface area contributed by atoms with Crippen molar-refractivity contribution in [3.05, 3.63) is 111 Å². The third kappa shape index (κ3) is 4.53. The molecular formula is C24H16ClF3N2O2. The van der Waals surface area contributed by atoms with E-state index >= 15 is 0 Å². The quantitative estimate of drug-likeness (QED) is 0.406. The molecule has 4 rings (SSSR count). The van der Waals surface area contributed by atoms with Gasteiger partial charge in [0, 0.05) is 16.2 Å². The molecule has 0 unspecified atom stereocenters. The molecule has 0 saturated carbocycles. The number of pyridine rings is 1. The molecule has 0 aliphatic rings. The minimum Gasteiger partial charge on any atom is -0.321 e. The van der Waals surface area contributed by atoms with Crippen LogP contribution in [0.3, 0.4) is 0 Å². The van der Waals surface area contributed by atoms with E-state index in [1.54, 1.807) is 48.5 Å². The number of rotatable bonds is 4. The standard InChI is InChI=1S/C24H16ClF3N2O2/c25-18-10-8-15(9-11-18)14-30(19-6-3-5-17(13-19)24(26,27)28)23(32)20-12-16-4-1-2-7-21(16)29-22(20)31/h1-13H,14H2,(H,29,31). The summed E-state index contributed by atoms with van der Waals surface area (Å²) in [6, 6.07) is 19.4. The molecule has 8 heteroatoms. The highest BCUT2D eigenvalue weighted by atomic mass is 35.5. The molecule has 1 amide bonds. The fourth-order valence-corrected chi connectivity index (χ4v) is 3.48. The van der Waals surface area contributed by atoms with Crippen molar-refractivity contribution in [3.63, 3.8) is 0 Å². The summed E-state index contributed by atoms with van der Waals surface area (Å²) >= 11 is 5.92. The lowest BCUT2D eigenvalue weighted by molar-refractivity contribution is -0.137. The van der Waals surface area contributed by atoms with E-state index in [1.807, 2.05) is 0 Å². The summed E-state index contributed by atoms with van der Waals surface area (Å²) in [7, 11) is 0. The molecule has 0 atom stereocenters. The second-order valence-electron chi connectivity index (χ2n) is 7.17. The van der Waals surface area contributed by atoms with E-state index in [-0.39, 0.29) is 17.8 Å². The number of carbonyl (C=O) groups is 1. The molecule has 32 heavy (non-hydrogen) atoms. The van der Waals surface area contributed by atoms with E-state index in [4.69, 9.17) is 11.6 Å². The van der Waals surface area contributed by atoms with Gasteiger partial charge < -0.3 is 9.88 Å². The first-order chi connectivity index (χ1) is 15.2. The molecule has 162 valence electrons. The number of benzene rings is 3. The summed E-state index contributed by atoms with van der Waals surface area (Å²) in [6.07, 6.45) is -4.58. The monoisotopic (exact) mass is 456 g/mol. The Morgan fingerprint density at radius 1 is 0.938 bits per heavy atom. The molecule has 0 saturated heterocycles. The number of fused-ring (bicyclic) bond motifs is 1. The van der Waals surface area contributed by atoms with Gasteiger partial charge >= 0.3 is 6.18 Å². The second kappa shape index (κ2) is 8.51. The number of hydrogen-bond acceptors (Lipinski definition) is 2. The minimum atomic E-state index is -4.58. The Kier molecular flexibility index (Phi) is 5.76. The van der Waals surface area contributed by atoms with Gasteiger partial charge in [-0.3, -0.25) is 9.59 Å². The van der Waals surface area contributed by atoms with Crippen LogP contribution in [0.15, 0.2) is 83.7 Å². The van der Waals surface area contributed by atoms with Crippen molar-refractivity contribution in [1.82, 2.24) is 4.98 Å². The predicted octanol–water partition coefficient (Wildman–Crippen LogP) is 6.05. The summed E-state index contributed by atoms with van der Waals surface area (Å²) in [4.78, 5) is 29.9. The Labute approximate surface area is 185 Å². The molecule has 0 spiro atoms. The Hall–Kier alpha value is -3.58. The van der Waals surface area contributed by atoms with Crippen molar-refractivity contribution in [1.29, 1.82) is 0 Å². The third-order valence-corrected chi connectivity index (χ3v) is 5.22. The van der Waals surface area contributed by atoms with E-state index in [0.29, 0.717) is 21.5 Å². The zero-order valence-electron chi connectivity index (χ0n) is 16.5. The number of amides is 1. The van der Waals surface area contributed by atoms with Crippen molar-refractivity contribution in [2.75, 3.05) is 4.90 Å². The summed E-state index contributed by atoms with van der Waals surface area (Å²) in [5, 5.41) is 1.11. The van der Waals surface area contributed by atoms with Gasteiger partial charge in [0.15, 0.2) is 0 Å². The highest BCUT2D eigenvalue weighted by Crippen LogP contribution is 2.32. The maximum absolute atomic E-state index is 13.4. The van der Waals surface area contributed by atoms with Crippen molar-refractivity contribution in [2.45, 2.75) is 12.7 Å². The van der Waals surface area contributed by atoms with Crippen LogP contribution in [-0.4, -0.2) is 10.9 Å². The average Bonchev–Trinajstić information content (AvgIpc) is 2.77. The number of carbonyl (C=O) groups excluding carboxylic acids is 1. The molecule has 1 heterocycles. The highest BCUT2D eigenvalue weighted by molar-refractivity contribution is 6.30. The molecule has 0 bridgehead atoms. The van der Waals surface area contributed by atoms with Crippen molar-refractivity contribution in [3.8, 4) is 0 Å². The van der Waals surface area contributed by atoms with Gasteiger partial charge in [-0.15, -0.1) is 0 Å². The first-order valence-electron chi connectivity index (χ1n) is 9.58. The maximum atomic E-state index is 13.4. The van der Waals surface area contributed by atoms with Crippen LogP contribution in [0.2, 0.25) is 5.02 Å². The smallest absolute Gasteiger partial charge is 0.321 e. The lowest BCUT2D eigenvalue weighted by atomic mass is 10.1. The topological polar surface area (TPSA) is 53.2 Å². The van der Waals surface area contributed by atoms with E-state index < -0.39 is 23.2 Å². The lowest BCUT2D eigenvalue weighted by Crippen LogP contribution is -2.34. The number of alkyl halides is 3. The predicted molar refractivity (Wildman–Crippen MR) is 118 cm³/mol. The molecule has 0 aliphatic carbocycles. The summed E-state index contributed by atoms with van der Waals surface area (Å²) in [5.74, 6) is -0.716. The molecule has 1 aromatic heterocycles. The summed E-state index contributed by atoms with van der Waals surface area (Å²) in [5.41, 5.74) is -0.477. The van der Waals surface area contributed by atoms with Crippen LogP contribution in [0.4, 0.5) is 18.9 Å². The van der Waals surface area contributed by atoms with E-state index in [2.05, 4.69) is 4.98 Å². The third-order valence-electron chi connectivity index (χ3n) is 4.97. The van der Waals surface area contributed by atoms with Gasteiger partial charge in [-0.05, 0) is 53.4 Å². The Bertz CT molecular complexity index is 1350. The van der Waals surface area contributed by atoms with E-state index in [9.17, 15) is 22.8 Å². The molecule has 3 aromatic carbocycles. The Balaban J connectivity index is 1.82. The number of halogens is 4. The number of hydrogen-bond donors (Lipinski definition) is 1. The highest BCUT2D eigenvalue weighted by Gasteiger charge is 2.31. The second-order valence-corrected chi connectivity index (χ2v) is 7.60. The van der Waals surface area contributed by atoms with E-state index in [1.165, 1.54) is 18.2 Å². The van der Waals surface area contributed by atoms with Gasteiger partial charge in [0.05, 0.1) is 12.1 Å². The fourth-order valence-electron chi connectivity index (χ4n) is 3.35. The Morgan fingerprint density at radius 3 is 2.38 bits per heavy atom. The average molecular weight is 457 g/mol. The number of aromatic nitrogens is 1. The molecule has 4 aromatic rings. The number of anilines is 1. The molecule has 1 N–H and O–H groups in total. The van der Waals surface area contributed by atoms with Gasteiger partial charge in [-0.2, -0.15) is 13.2 Å². The normalized spacial score (nSPS) is 11.5. The number of nitrogens with one attached hydrogen (secondary N) is 1. The maximum Gasteiger partial charge on any atom is 0.416 e. The van der Waals surface area contributed by atoms with Crippen LogP contribution >= 0.6 is 11.6 Å². The van der Waals surface area contributed by atoms with Crippen LogP contribution in [0.1, 0.15) is 21.5 Å². The minimum absolute atomic E-state index is 0.0207. The van der Waals surface area contributed by atoms with Gasteiger partial charge in [0.1, 0.15) is 5.56 Å². The first-order valence-corrected chi connectivity index (χ1v) is 9.96. The molecular weight excluding hydrogens is 441 g/mol. The zero-order chi connectivity index (χ0) is 22.9. The number of para-hydroxylation sites is 1. The summed E-state index contributed by atoms with van der Waals surface area (Å²) < 4.78 is 39.9. The van der Waals surface area contributed by atoms with Gasteiger partial charge in [0.25, 0.3) is 11.5 Å². The molecule has 0 aliphatic heterocycles. The van der Waals surface area contributed by atoms with Gasteiger partial charge in [-0.1, -0.05) is 48.0 Å². The Morgan fingerprint density at radius 2 is 1.66 bits per heavy atom. The first kappa shape index (κ1) is 21.6. The fraction of sp³-hybridized carbons (Fsp3) is 0.0833. The van der Waals surface area contributed by atoms with Crippen LogP contribution in [0.5, 0.6) is 0 Å². The van der Waals surface area contributed by atoms with Crippen LogP contribution in [0.25, 0.3) is 10.9 Å². The van der Waals surface area contributed by atoms with Crippen LogP contribution in [-0.2, 0) is 12.7 Å². The van der Waals surface area contributed by atoms with Gasteiger partial charge in [-0.25, -0.2) is 0 Å². The summed E-state index contributed by atoms with van der Waals surface area (Å²) in [6.45, 7) is -0.0520. The van der Waals surface area contributed by atoms with Crippen LogP contribution in [0, 0.1) is 0 Å². The molecule has 0 fully saturated rings. The van der Waals surface area contributed by atoms with Crippen molar-refractivity contribution in [2.24, 2.45) is 0 Å². The molecule has 4 nitrogen and oxygen atoms in total.